The molecule has 1 N–H and O–H groups in total. The fourth-order valence-corrected chi connectivity index (χ4v) is 3.61. The molecule has 0 unspecified atom stereocenters. The van der Waals surface area contributed by atoms with Gasteiger partial charge in [-0.15, -0.1) is 24.0 Å². The standard InChI is InChI=1S/C22H38N4O2.HI/c1-7-23-21(24-17-22(25(4)5)8-11-27-12-9-22)26(6)10-13-28-20-15-18(2)14-19(3)16-20;/h14-16H,7-13,17H2,1-6H3,(H,23,24);1H. The van der Waals surface area contributed by atoms with Crippen LogP contribution in [0.15, 0.2) is 23.2 Å². The maximum absolute atomic E-state index is 5.97. The van der Waals surface area contributed by atoms with E-state index in [1.807, 2.05) is 0 Å². The fourth-order valence-electron chi connectivity index (χ4n) is 3.61. The van der Waals surface area contributed by atoms with E-state index in [9.17, 15) is 0 Å². The smallest absolute Gasteiger partial charge is 0.193 e. The third-order valence-electron chi connectivity index (χ3n) is 5.48. The molecular formula is C22H39IN4O2. The van der Waals surface area contributed by atoms with Crippen LogP contribution in [0.3, 0.4) is 0 Å². The molecule has 0 radical (unpaired) electrons. The van der Waals surface area contributed by atoms with E-state index in [0.29, 0.717) is 6.61 Å². The van der Waals surface area contributed by atoms with Crippen molar-refractivity contribution in [1.29, 1.82) is 0 Å². The van der Waals surface area contributed by atoms with Gasteiger partial charge in [-0.1, -0.05) is 6.07 Å². The van der Waals surface area contributed by atoms with Gasteiger partial charge >= 0.3 is 0 Å². The Bertz CT molecular complexity index is 625. The summed E-state index contributed by atoms with van der Waals surface area (Å²) in [4.78, 5) is 9.42. The highest BCUT2D eigenvalue weighted by Gasteiger charge is 2.34. The molecule has 1 aromatic carbocycles. The van der Waals surface area contributed by atoms with Gasteiger partial charge in [0.25, 0.3) is 0 Å². The number of ether oxygens (including phenoxy) is 2. The van der Waals surface area contributed by atoms with Gasteiger partial charge in [-0.3, -0.25) is 4.99 Å². The van der Waals surface area contributed by atoms with E-state index in [2.05, 4.69) is 75.2 Å². The molecule has 1 heterocycles. The zero-order valence-corrected chi connectivity index (χ0v) is 21.3. The molecule has 2 rings (SSSR count). The van der Waals surface area contributed by atoms with Crippen molar-refractivity contribution in [2.45, 2.75) is 39.2 Å². The molecule has 1 aliphatic rings. The largest absolute Gasteiger partial charge is 0.492 e. The van der Waals surface area contributed by atoms with Gasteiger partial charge in [-0.2, -0.15) is 0 Å². The van der Waals surface area contributed by atoms with Crippen LogP contribution in [0, 0.1) is 13.8 Å². The third-order valence-corrected chi connectivity index (χ3v) is 5.48. The highest BCUT2D eigenvalue weighted by atomic mass is 127. The second-order valence-corrected chi connectivity index (χ2v) is 7.99. The maximum Gasteiger partial charge on any atom is 0.193 e. The minimum Gasteiger partial charge on any atom is -0.492 e. The van der Waals surface area contributed by atoms with Gasteiger partial charge in [0.1, 0.15) is 12.4 Å². The summed E-state index contributed by atoms with van der Waals surface area (Å²) in [5, 5.41) is 3.42. The Morgan fingerprint density at radius 1 is 1.14 bits per heavy atom. The van der Waals surface area contributed by atoms with Crippen molar-refractivity contribution in [3.8, 4) is 5.75 Å². The highest BCUT2D eigenvalue weighted by molar-refractivity contribution is 14.0. The number of aliphatic imine (C=N–C) groups is 1. The molecule has 6 nitrogen and oxygen atoms in total. The molecular weight excluding hydrogens is 479 g/mol. The first-order valence-electron chi connectivity index (χ1n) is 10.3. The predicted octanol–water partition coefficient (Wildman–Crippen LogP) is 3.31. The van der Waals surface area contributed by atoms with E-state index in [4.69, 9.17) is 14.5 Å². The summed E-state index contributed by atoms with van der Waals surface area (Å²) < 4.78 is 11.5. The van der Waals surface area contributed by atoms with Gasteiger partial charge in [-0.25, -0.2) is 0 Å². The van der Waals surface area contributed by atoms with Crippen LogP contribution in [-0.4, -0.2) is 81.9 Å². The van der Waals surface area contributed by atoms with E-state index in [1.165, 1.54) is 11.1 Å². The molecule has 1 saturated heterocycles. The van der Waals surface area contributed by atoms with Crippen molar-refractivity contribution in [1.82, 2.24) is 15.1 Å². The summed E-state index contributed by atoms with van der Waals surface area (Å²) in [6, 6.07) is 6.32. The van der Waals surface area contributed by atoms with Crippen molar-refractivity contribution in [3.05, 3.63) is 29.3 Å². The molecule has 0 spiro atoms. The molecule has 0 saturated carbocycles. The Morgan fingerprint density at radius 3 is 2.31 bits per heavy atom. The minimum absolute atomic E-state index is 0. The number of aryl methyl sites for hydroxylation is 2. The summed E-state index contributed by atoms with van der Waals surface area (Å²) in [6.45, 7) is 10.9. The lowest BCUT2D eigenvalue weighted by Gasteiger charge is -2.42. The first-order valence-corrected chi connectivity index (χ1v) is 10.3. The van der Waals surface area contributed by atoms with Gasteiger partial charge in [0.05, 0.1) is 13.1 Å². The summed E-state index contributed by atoms with van der Waals surface area (Å²) in [5.74, 6) is 1.86. The van der Waals surface area contributed by atoms with Gasteiger partial charge in [0.2, 0.25) is 0 Å². The molecule has 7 heteroatoms. The van der Waals surface area contributed by atoms with Crippen LogP contribution in [0.1, 0.15) is 30.9 Å². The Kier molecular flexibility index (Phi) is 11.3. The summed E-state index contributed by atoms with van der Waals surface area (Å²) >= 11 is 0. The Labute approximate surface area is 194 Å². The van der Waals surface area contributed by atoms with Gasteiger partial charge < -0.3 is 24.6 Å². The number of guanidine groups is 1. The van der Waals surface area contributed by atoms with Crippen LogP contribution < -0.4 is 10.1 Å². The third kappa shape index (κ3) is 7.94. The van der Waals surface area contributed by atoms with Crippen LogP contribution in [0.5, 0.6) is 5.75 Å². The number of nitrogens with zero attached hydrogens (tertiary/aromatic N) is 3. The number of nitrogens with one attached hydrogen (secondary N) is 1. The second kappa shape index (κ2) is 12.6. The minimum atomic E-state index is 0. The summed E-state index contributed by atoms with van der Waals surface area (Å²) in [6.07, 6.45) is 2.03. The van der Waals surface area contributed by atoms with Crippen molar-refractivity contribution < 1.29 is 9.47 Å². The van der Waals surface area contributed by atoms with E-state index in [-0.39, 0.29) is 29.5 Å². The summed E-state index contributed by atoms with van der Waals surface area (Å²) in [5.41, 5.74) is 2.53. The first kappa shape index (κ1) is 26.0. The Hall–Kier alpha value is -1.06. The highest BCUT2D eigenvalue weighted by Crippen LogP contribution is 2.26. The van der Waals surface area contributed by atoms with Crippen molar-refractivity contribution in [3.63, 3.8) is 0 Å². The van der Waals surface area contributed by atoms with Crippen LogP contribution in [-0.2, 0) is 4.74 Å². The molecule has 0 aromatic heterocycles. The molecule has 0 aliphatic carbocycles. The number of rotatable bonds is 8. The van der Waals surface area contributed by atoms with Gasteiger partial charge in [0, 0.05) is 32.3 Å². The van der Waals surface area contributed by atoms with E-state index >= 15 is 0 Å². The predicted molar refractivity (Wildman–Crippen MR) is 132 cm³/mol. The molecule has 0 amide bonds. The van der Waals surface area contributed by atoms with Crippen molar-refractivity contribution in [2.24, 2.45) is 4.99 Å². The molecule has 0 atom stereocenters. The van der Waals surface area contributed by atoms with E-state index in [0.717, 1.165) is 57.4 Å². The maximum atomic E-state index is 5.97. The average Bonchev–Trinajstić information content (AvgIpc) is 2.65. The number of benzene rings is 1. The quantitative estimate of drug-likeness (QED) is 0.325. The van der Waals surface area contributed by atoms with Crippen molar-refractivity contribution in [2.75, 3.05) is 60.6 Å². The van der Waals surface area contributed by atoms with Gasteiger partial charge in [0.15, 0.2) is 5.96 Å². The SMILES string of the molecule is CCNC(=NCC1(N(C)C)CCOCC1)N(C)CCOc1cc(C)cc(C)c1.I. The van der Waals surface area contributed by atoms with Crippen LogP contribution in [0.25, 0.3) is 0 Å². The first-order chi connectivity index (χ1) is 13.4. The number of likely N-dealkylation sites (N-methyl/N-ethyl adjacent to an activating group) is 2. The lowest BCUT2D eigenvalue weighted by atomic mass is 9.89. The zero-order valence-electron chi connectivity index (χ0n) is 19.0. The zero-order chi connectivity index (χ0) is 20.6. The molecule has 166 valence electrons. The van der Waals surface area contributed by atoms with Crippen LogP contribution in [0.4, 0.5) is 0 Å². The molecule has 1 fully saturated rings. The van der Waals surface area contributed by atoms with E-state index in [1.54, 1.807) is 0 Å². The molecule has 0 bridgehead atoms. The second-order valence-electron chi connectivity index (χ2n) is 7.99. The van der Waals surface area contributed by atoms with Crippen molar-refractivity contribution >= 4 is 29.9 Å². The normalized spacial score (nSPS) is 16.3. The van der Waals surface area contributed by atoms with Gasteiger partial charge in [-0.05, 0) is 71.0 Å². The average molecular weight is 518 g/mol. The van der Waals surface area contributed by atoms with Crippen LogP contribution in [0.2, 0.25) is 0 Å². The molecule has 1 aliphatic heterocycles. The lowest BCUT2D eigenvalue weighted by molar-refractivity contribution is -0.00263. The van der Waals surface area contributed by atoms with Crippen LogP contribution >= 0.6 is 24.0 Å². The van der Waals surface area contributed by atoms with E-state index < -0.39 is 0 Å². The molecule has 1 aromatic rings. The Morgan fingerprint density at radius 2 is 1.76 bits per heavy atom. The number of hydrogen-bond acceptors (Lipinski definition) is 4. The monoisotopic (exact) mass is 518 g/mol. The number of hydrogen-bond donors (Lipinski definition) is 1. The fraction of sp³-hybridized carbons (Fsp3) is 0.682. The Balaban J connectivity index is 0.00000420. The topological polar surface area (TPSA) is 49.3 Å². The number of halogens is 1. The summed E-state index contributed by atoms with van der Waals surface area (Å²) in [7, 11) is 6.36. The molecule has 29 heavy (non-hydrogen) atoms. The lowest BCUT2D eigenvalue weighted by Crippen LogP contribution is -2.52.